The zero-order valence-electron chi connectivity index (χ0n) is 10.4. The number of halogens is 3. The van der Waals surface area contributed by atoms with E-state index in [1.165, 1.54) is 0 Å². The molecule has 1 rings (SSSR count). The van der Waals surface area contributed by atoms with Crippen molar-refractivity contribution in [3.05, 3.63) is 34.4 Å². The number of aliphatic carboxylic acids is 1. The second kappa shape index (κ2) is 5.00. The summed E-state index contributed by atoms with van der Waals surface area (Å²) in [5.41, 5.74) is 1.91. The van der Waals surface area contributed by atoms with Crippen LogP contribution in [0.2, 0.25) is 0 Å². The van der Waals surface area contributed by atoms with Crippen LogP contribution in [0.1, 0.15) is 34.6 Å². The van der Waals surface area contributed by atoms with Crippen LogP contribution in [-0.2, 0) is 4.79 Å². The number of alkyl halides is 3. The maximum Gasteiger partial charge on any atom is 0.396 e. The molecule has 0 aliphatic heterocycles. The summed E-state index contributed by atoms with van der Waals surface area (Å²) in [6.45, 7) is 4.95. The molecule has 100 valence electrons. The highest BCUT2D eigenvalue weighted by Gasteiger charge is 2.43. The van der Waals surface area contributed by atoms with Crippen molar-refractivity contribution in [2.45, 2.75) is 39.3 Å². The monoisotopic (exact) mass is 260 g/mol. The fraction of sp³-hybridized carbons (Fsp3) is 0.462. The maximum atomic E-state index is 13.0. The highest BCUT2D eigenvalue weighted by Crippen LogP contribution is 2.40. The summed E-state index contributed by atoms with van der Waals surface area (Å²) < 4.78 is 38.9. The third-order valence-electron chi connectivity index (χ3n) is 2.86. The summed E-state index contributed by atoms with van der Waals surface area (Å²) in [5.74, 6) is -3.40. The largest absolute Gasteiger partial charge is 0.481 e. The van der Waals surface area contributed by atoms with Crippen LogP contribution in [-0.4, -0.2) is 17.3 Å². The van der Waals surface area contributed by atoms with E-state index in [0.717, 1.165) is 5.56 Å². The average molecular weight is 260 g/mol. The summed E-state index contributed by atoms with van der Waals surface area (Å²) in [7, 11) is 0. The number of carboxylic acid groups (broad SMARTS) is 1. The van der Waals surface area contributed by atoms with Gasteiger partial charge in [0.25, 0.3) is 0 Å². The van der Waals surface area contributed by atoms with Crippen molar-refractivity contribution >= 4 is 5.97 Å². The van der Waals surface area contributed by atoms with Crippen LogP contribution in [0.15, 0.2) is 12.1 Å². The molecule has 2 nitrogen and oxygen atoms in total. The minimum absolute atomic E-state index is 0.0792. The molecular weight excluding hydrogens is 245 g/mol. The van der Waals surface area contributed by atoms with Gasteiger partial charge in [0, 0.05) is 0 Å². The SMILES string of the molecule is Cc1cc(C)c(C(CC(=O)O)C(F)(F)F)c(C)c1. The number of aryl methyl sites for hydroxylation is 3. The molecule has 0 radical (unpaired) electrons. The highest BCUT2D eigenvalue weighted by atomic mass is 19.4. The third-order valence-corrected chi connectivity index (χ3v) is 2.86. The summed E-state index contributed by atoms with van der Waals surface area (Å²) in [5, 5.41) is 8.64. The van der Waals surface area contributed by atoms with E-state index in [-0.39, 0.29) is 5.56 Å². The molecule has 1 N–H and O–H groups in total. The molecule has 0 spiro atoms. The van der Waals surface area contributed by atoms with Crippen LogP contribution in [0.4, 0.5) is 13.2 Å². The van der Waals surface area contributed by atoms with Gasteiger partial charge in [0.1, 0.15) is 0 Å². The Kier molecular flexibility index (Phi) is 4.04. The third kappa shape index (κ3) is 3.24. The molecule has 0 saturated carbocycles. The van der Waals surface area contributed by atoms with Gasteiger partial charge in [0.05, 0.1) is 12.3 Å². The van der Waals surface area contributed by atoms with Crippen LogP contribution >= 0.6 is 0 Å². The number of carboxylic acids is 1. The fourth-order valence-corrected chi connectivity index (χ4v) is 2.30. The maximum absolute atomic E-state index is 13.0. The smallest absolute Gasteiger partial charge is 0.396 e. The van der Waals surface area contributed by atoms with Crippen molar-refractivity contribution in [1.82, 2.24) is 0 Å². The Morgan fingerprint density at radius 1 is 1.22 bits per heavy atom. The van der Waals surface area contributed by atoms with E-state index >= 15 is 0 Å². The first kappa shape index (κ1) is 14.5. The number of benzene rings is 1. The molecule has 18 heavy (non-hydrogen) atoms. The van der Waals surface area contributed by atoms with Crippen molar-refractivity contribution in [2.24, 2.45) is 0 Å². The second-order valence-corrected chi connectivity index (χ2v) is 4.50. The van der Waals surface area contributed by atoms with Gasteiger partial charge >= 0.3 is 12.1 Å². The molecule has 0 saturated heterocycles. The fourth-order valence-electron chi connectivity index (χ4n) is 2.30. The lowest BCUT2D eigenvalue weighted by atomic mass is 9.87. The van der Waals surface area contributed by atoms with E-state index in [1.807, 2.05) is 0 Å². The lowest BCUT2D eigenvalue weighted by Gasteiger charge is -2.23. The van der Waals surface area contributed by atoms with Crippen molar-refractivity contribution < 1.29 is 23.1 Å². The molecule has 1 aromatic carbocycles. The van der Waals surface area contributed by atoms with Crippen molar-refractivity contribution in [1.29, 1.82) is 0 Å². The molecule has 0 bridgehead atoms. The number of hydrogen-bond donors (Lipinski definition) is 1. The number of carbonyl (C=O) groups is 1. The first-order chi connectivity index (χ1) is 8.12. The van der Waals surface area contributed by atoms with E-state index in [9.17, 15) is 18.0 Å². The van der Waals surface area contributed by atoms with Gasteiger partial charge in [-0.3, -0.25) is 4.79 Å². The number of rotatable bonds is 3. The Balaban J connectivity index is 3.34. The van der Waals surface area contributed by atoms with Crippen LogP contribution in [0, 0.1) is 20.8 Å². The molecule has 5 heteroatoms. The molecule has 0 aliphatic carbocycles. The van der Waals surface area contributed by atoms with Crippen LogP contribution < -0.4 is 0 Å². The van der Waals surface area contributed by atoms with Gasteiger partial charge in [-0.25, -0.2) is 0 Å². The molecule has 0 aromatic heterocycles. The lowest BCUT2D eigenvalue weighted by molar-refractivity contribution is -0.163. The predicted molar refractivity (Wildman–Crippen MR) is 61.7 cm³/mol. The summed E-state index contributed by atoms with van der Waals surface area (Å²) in [4.78, 5) is 10.6. The summed E-state index contributed by atoms with van der Waals surface area (Å²) >= 11 is 0. The Morgan fingerprint density at radius 3 is 2.00 bits per heavy atom. The van der Waals surface area contributed by atoms with Gasteiger partial charge < -0.3 is 5.11 Å². The van der Waals surface area contributed by atoms with Gasteiger partial charge in [-0.1, -0.05) is 17.7 Å². The predicted octanol–water partition coefficient (Wildman–Crippen LogP) is 3.73. The normalized spacial score (nSPS) is 13.4. The first-order valence-electron chi connectivity index (χ1n) is 5.49. The van der Waals surface area contributed by atoms with Crippen molar-refractivity contribution in [2.75, 3.05) is 0 Å². The molecule has 0 fully saturated rings. The van der Waals surface area contributed by atoms with Gasteiger partial charge in [0.15, 0.2) is 0 Å². The van der Waals surface area contributed by atoms with E-state index in [4.69, 9.17) is 5.11 Å². The quantitative estimate of drug-likeness (QED) is 0.899. The van der Waals surface area contributed by atoms with E-state index < -0.39 is 24.5 Å². The van der Waals surface area contributed by atoms with Crippen LogP contribution in [0.25, 0.3) is 0 Å². The second-order valence-electron chi connectivity index (χ2n) is 4.50. The van der Waals surface area contributed by atoms with Crippen molar-refractivity contribution in [3.63, 3.8) is 0 Å². The topological polar surface area (TPSA) is 37.3 Å². The highest BCUT2D eigenvalue weighted by molar-refractivity contribution is 5.68. The Morgan fingerprint density at radius 2 is 1.67 bits per heavy atom. The first-order valence-corrected chi connectivity index (χ1v) is 5.49. The van der Waals surface area contributed by atoms with Gasteiger partial charge in [-0.05, 0) is 37.5 Å². The zero-order chi connectivity index (χ0) is 14.1. The van der Waals surface area contributed by atoms with Crippen LogP contribution in [0.5, 0.6) is 0 Å². The van der Waals surface area contributed by atoms with Gasteiger partial charge in [-0.2, -0.15) is 13.2 Å². The molecule has 1 aromatic rings. The molecule has 0 aliphatic rings. The molecule has 1 unspecified atom stereocenters. The lowest BCUT2D eigenvalue weighted by Crippen LogP contribution is -2.25. The zero-order valence-corrected chi connectivity index (χ0v) is 10.4. The van der Waals surface area contributed by atoms with Crippen LogP contribution in [0.3, 0.4) is 0 Å². The van der Waals surface area contributed by atoms with E-state index in [0.29, 0.717) is 11.1 Å². The Bertz CT molecular complexity index is 441. The minimum Gasteiger partial charge on any atom is -0.481 e. The summed E-state index contributed by atoms with van der Waals surface area (Å²) in [6.07, 6.45) is -5.49. The van der Waals surface area contributed by atoms with E-state index in [2.05, 4.69) is 0 Å². The number of hydrogen-bond acceptors (Lipinski definition) is 1. The molecule has 1 atom stereocenters. The Labute approximate surface area is 103 Å². The molecular formula is C13H15F3O2. The minimum atomic E-state index is -4.55. The van der Waals surface area contributed by atoms with Gasteiger partial charge in [-0.15, -0.1) is 0 Å². The Hall–Kier alpha value is -1.52. The van der Waals surface area contributed by atoms with Gasteiger partial charge in [0.2, 0.25) is 0 Å². The van der Waals surface area contributed by atoms with E-state index in [1.54, 1.807) is 32.9 Å². The average Bonchev–Trinajstić information content (AvgIpc) is 2.12. The molecule has 0 amide bonds. The molecule has 0 heterocycles. The summed E-state index contributed by atoms with van der Waals surface area (Å²) in [6, 6.07) is 3.28. The van der Waals surface area contributed by atoms with Crippen molar-refractivity contribution in [3.8, 4) is 0 Å². The standard InChI is InChI=1S/C13H15F3O2/c1-7-4-8(2)12(9(3)5-7)10(6-11(17)18)13(14,15)16/h4-5,10H,6H2,1-3H3,(H,17,18).